The molecule has 0 fully saturated rings. The Bertz CT molecular complexity index is 720. The van der Waals surface area contributed by atoms with Crippen LogP contribution in [0.3, 0.4) is 0 Å². The fourth-order valence-electron chi connectivity index (χ4n) is 2.07. The highest BCUT2D eigenvalue weighted by Gasteiger charge is 2.11. The van der Waals surface area contributed by atoms with Crippen molar-refractivity contribution in [2.45, 2.75) is 20.1 Å². The van der Waals surface area contributed by atoms with E-state index in [4.69, 9.17) is 9.15 Å². The third-order valence-corrected chi connectivity index (χ3v) is 3.04. The van der Waals surface area contributed by atoms with Crippen molar-refractivity contribution in [1.29, 1.82) is 0 Å². The number of aryl methyl sites for hydroxylation is 1. The van der Waals surface area contributed by atoms with Gasteiger partial charge in [-0.3, -0.25) is 4.68 Å². The number of hydrogen-bond donors (Lipinski definition) is 1. The predicted molar refractivity (Wildman–Crippen MR) is 77.7 cm³/mol. The van der Waals surface area contributed by atoms with Crippen molar-refractivity contribution >= 4 is 16.9 Å². The lowest BCUT2D eigenvalue weighted by molar-refractivity contribution is 0.0883. The number of nitrogens with one attached hydrogen (secondary N) is 1. The maximum absolute atomic E-state index is 5.59. The Balaban J connectivity index is 1.79. The van der Waals surface area contributed by atoms with Gasteiger partial charge in [-0.2, -0.15) is 5.10 Å². The molecule has 3 rings (SSSR count). The quantitative estimate of drug-likeness (QED) is 0.748. The zero-order chi connectivity index (χ0) is 14.7. The van der Waals surface area contributed by atoms with E-state index in [1.54, 1.807) is 17.1 Å². The maximum Gasteiger partial charge on any atom is 0.163 e. The maximum atomic E-state index is 5.59. The number of rotatable bonds is 6. The van der Waals surface area contributed by atoms with E-state index in [1.165, 1.54) is 0 Å². The minimum atomic E-state index is 0.320. The molecule has 0 aliphatic rings. The third kappa shape index (κ3) is 2.87. The van der Waals surface area contributed by atoms with Crippen molar-refractivity contribution in [3.05, 3.63) is 36.2 Å². The van der Waals surface area contributed by atoms with E-state index in [1.807, 2.05) is 26.1 Å². The van der Waals surface area contributed by atoms with Crippen LogP contribution >= 0.6 is 0 Å². The van der Waals surface area contributed by atoms with Crippen molar-refractivity contribution in [2.24, 2.45) is 7.05 Å². The van der Waals surface area contributed by atoms with Gasteiger partial charge in [0.25, 0.3) is 0 Å². The van der Waals surface area contributed by atoms with Gasteiger partial charge in [0.2, 0.25) is 0 Å². The van der Waals surface area contributed by atoms with Gasteiger partial charge < -0.3 is 14.5 Å². The normalized spacial score (nSPS) is 11.1. The summed E-state index contributed by atoms with van der Waals surface area (Å²) in [5.74, 6) is 2.18. The van der Waals surface area contributed by atoms with Crippen LogP contribution < -0.4 is 5.32 Å². The highest BCUT2D eigenvalue weighted by Crippen LogP contribution is 2.19. The van der Waals surface area contributed by atoms with Crippen molar-refractivity contribution in [1.82, 2.24) is 19.7 Å². The number of furan rings is 1. The number of ether oxygens (including phenoxy) is 1. The molecule has 110 valence electrons. The van der Waals surface area contributed by atoms with E-state index in [0.29, 0.717) is 19.0 Å². The minimum Gasteiger partial charge on any atom is -0.467 e. The summed E-state index contributed by atoms with van der Waals surface area (Å²) in [6.45, 7) is 3.53. The molecule has 21 heavy (non-hydrogen) atoms. The van der Waals surface area contributed by atoms with Gasteiger partial charge in [0.05, 0.1) is 17.8 Å². The Morgan fingerprint density at radius 1 is 1.33 bits per heavy atom. The molecule has 7 nitrogen and oxygen atoms in total. The van der Waals surface area contributed by atoms with E-state index in [2.05, 4.69) is 20.4 Å². The monoisotopic (exact) mass is 287 g/mol. The van der Waals surface area contributed by atoms with Crippen molar-refractivity contribution in [2.75, 3.05) is 11.9 Å². The first-order chi connectivity index (χ1) is 10.3. The van der Waals surface area contributed by atoms with Crippen LogP contribution in [-0.4, -0.2) is 26.3 Å². The summed E-state index contributed by atoms with van der Waals surface area (Å²) in [6, 6.07) is 3.70. The molecule has 3 heterocycles. The molecule has 0 amide bonds. The van der Waals surface area contributed by atoms with Crippen LogP contribution in [0.15, 0.2) is 29.0 Å². The highest BCUT2D eigenvalue weighted by molar-refractivity contribution is 5.86. The van der Waals surface area contributed by atoms with Crippen LogP contribution in [0.4, 0.5) is 5.82 Å². The lowest BCUT2D eigenvalue weighted by atomic mass is 10.3. The van der Waals surface area contributed by atoms with Gasteiger partial charge in [-0.05, 0) is 19.1 Å². The van der Waals surface area contributed by atoms with Crippen LogP contribution in [0.5, 0.6) is 0 Å². The predicted octanol–water partition coefficient (Wildman–Crippen LogP) is 2.10. The van der Waals surface area contributed by atoms with E-state index in [0.717, 1.165) is 29.2 Å². The molecule has 7 heteroatoms. The van der Waals surface area contributed by atoms with Crippen molar-refractivity contribution < 1.29 is 9.15 Å². The van der Waals surface area contributed by atoms with E-state index in [9.17, 15) is 0 Å². The van der Waals surface area contributed by atoms with Gasteiger partial charge in [-0.25, -0.2) is 9.97 Å². The first kappa shape index (κ1) is 13.6. The molecule has 0 spiro atoms. The van der Waals surface area contributed by atoms with E-state index >= 15 is 0 Å². The second-order valence-corrected chi connectivity index (χ2v) is 4.60. The lowest BCUT2D eigenvalue weighted by Crippen LogP contribution is -2.07. The van der Waals surface area contributed by atoms with Gasteiger partial charge in [0, 0.05) is 13.6 Å². The van der Waals surface area contributed by atoms with Crippen LogP contribution in [0, 0.1) is 0 Å². The summed E-state index contributed by atoms with van der Waals surface area (Å²) < 4.78 is 12.5. The molecule has 0 bridgehead atoms. The Labute approximate surface area is 121 Å². The average Bonchev–Trinajstić information content (AvgIpc) is 3.10. The topological polar surface area (TPSA) is 78.0 Å². The van der Waals surface area contributed by atoms with Crippen molar-refractivity contribution in [3.63, 3.8) is 0 Å². The zero-order valence-corrected chi connectivity index (χ0v) is 12.0. The molecule has 0 aliphatic heterocycles. The van der Waals surface area contributed by atoms with Crippen LogP contribution in [-0.2, 0) is 25.0 Å². The summed E-state index contributed by atoms with van der Waals surface area (Å²) in [7, 11) is 1.86. The molecule has 1 N–H and O–H groups in total. The minimum absolute atomic E-state index is 0.320. The Hall–Kier alpha value is -2.41. The standard InChI is InChI=1S/C14H17N5O2/c1-3-15-13-11-7-16-19(2)14(11)18-12(17-13)9-20-8-10-5-4-6-21-10/h4-7H,3,8-9H2,1-2H3,(H,15,17,18). The van der Waals surface area contributed by atoms with Crippen LogP contribution in [0.25, 0.3) is 11.0 Å². The highest BCUT2D eigenvalue weighted by atomic mass is 16.5. The lowest BCUT2D eigenvalue weighted by Gasteiger charge is -2.07. The molecule has 0 atom stereocenters. The van der Waals surface area contributed by atoms with Gasteiger partial charge in [-0.1, -0.05) is 0 Å². The Kier molecular flexibility index (Phi) is 3.83. The van der Waals surface area contributed by atoms with Crippen LogP contribution in [0.1, 0.15) is 18.5 Å². The third-order valence-electron chi connectivity index (χ3n) is 3.04. The molecular weight excluding hydrogens is 270 g/mol. The molecular formula is C14H17N5O2. The molecule has 0 radical (unpaired) electrons. The molecule has 0 saturated heterocycles. The smallest absolute Gasteiger partial charge is 0.163 e. The molecule has 3 aromatic rings. The number of fused-ring (bicyclic) bond motifs is 1. The zero-order valence-electron chi connectivity index (χ0n) is 12.0. The Morgan fingerprint density at radius 2 is 2.24 bits per heavy atom. The van der Waals surface area contributed by atoms with Gasteiger partial charge in [0.15, 0.2) is 11.5 Å². The second-order valence-electron chi connectivity index (χ2n) is 4.60. The number of nitrogens with zero attached hydrogens (tertiary/aromatic N) is 4. The molecule has 0 aromatic carbocycles. The van der Waals surface area contributed by atoms with E-state index < -0.39 is 0 Å². The van der Waals surface area contributed by atoms with Gasteiger partial charge in [0.1, 0.15) is 24.8 Å². The van der Waals surface area contributed by atoms with Gasteiger partial charge in [-0.15, -0.1) is 0 Å². The SMILES string of the molecule is CCNc1nc(COCc2ccco2)nc2c1cnn2C. The summed E-state index contributed by atoms with van der Waals surface area (Å²) in [6.07, 6.45) is 3.39. The summed E-state index contributed by atoms with van der Waals surface area (Å²) in [5, 5.41) is 8.36. The summed E-state index contributed by atoms with van der Waals surface area (Å²) in [5.41, 5.74) is 0.789. The largest absolute Gasteiger partial charge is 0.467 e. The van der Waals surface area contributed by atoms with Crippen LogP contribution in [0.2, 0.25) is 0 Å². The fraction of sp³-hybridized carbons (Fsp3) is 0.357. The first-order valence-electron chi connectivity index (χ1n) is 6.80. The number of anilines is 1. The number of aromatic nitrogens is 4. The molecule has 3 aromatic heterocycles. The average molecular weight is 287 g/mol. The molecule has 0 saturated carbocycles. The first-order valence-corrected chi connectivity index (χ1v) is 6.80. The molecule has 0 unspecified atom stereocenters. The fourth-order valence-corrected chi connectivity index (χ4v) is 2.07. The molecule has 0 aliphatic carbocycles. The van der Waals surface area contributed by atoms with Gasteiger partial charge >= 0.3 is 0 Å². The number of hydrogen-bond acceptors (Lipinski definition) is 6. The van der Waals surface area contributed by atoms with E-state index in [-0.39, 0.29) is 0 Å². The summed E-state index contributed by atoms with van der Waals surface area (Å²) >= 11 is 0. The Morgan fingerprint density at radius 3 is 3.00 bits per heavy atom. The van der Waals surface area contributed by atoms with Crippen molar-refractivity contribution in [3.8, 4) is 0 Å². The second kappa shape index (κ2) is 5.92. The summed E-state index contributed by atoms with van der Waals surface area (Å²) in [4.78, 5) is 8.98.